The number of allylic oxidation sites excluding steroid dienone is 1. The molecule has 2 aromatic carbocycles. The van der Waals surface area contributed by atoms with E-state index >= 15 is 0 Å². The predicted octanol–water partition coefficient (Wildman–Crippen LogP) is 4.66. The molecule has 0 bridgehead atoms. The van der Waals surface area contributed by atoms with Crippen molar-refractivity contribution in [1.82, 2.24) is 4.98 Å². The molecule has 0 aliphatic carbocycles. The zero-order valence-electron chi connectivity index (χ0n) is 15.8. The minimum atomic E-state index is -0.382. The van der Waals surface area contributed by atoms with Gasteiger partial charge in [0.15, 0.2) is 12.2 Å². The third kappa shape index (κ3) is 4.23. The molecule has 0 fully saturated rings. The van der Waals surface area contributed by atoms with Gasteiger partial charge in [0.05, 0.1) is 31.9 Å². The summed E-state index contributed by atoms with van der Waals surface area (Å²) >= 11 is 0. The van der Waals surface area contributed by atoms with Gasteiger partial charge >= 0.3 is 0 Å². The number of benzene rings is 2. The van der Waals surface area contributed by atoms with Crippen molar-refractivity contribution in [2.24, 2.45) is 0 Å². The summed E-state index contributed by atoms with van der Waals surface area (Å²) in [5, 5.41) is 2.96. The van der Waals surface area contributed by atoms with Gasteiger partial charge in [-0.1, -0.05) is 18.2 Å². The van der Waals surface area contributed by atoms with Crippen LogP contribution in [-0.2, 0) is 4.79 Å². The molecule has 28 heavy (non-hydrogen) atoms. The number of aromatic nitrogens is 1. The molecule has 3 rings (SSSR count). The van der Waals surface area contributed by atoms with Gasteiger partial charge < -0.3 is 19.2 Å². The SMILES string of the molecule is C=CC[C@@H](C(=O)Nc1ccc(-c2cnco2)c(OC)c1)c1cccc(OC)c1. The summed E-state index contributed by atoms with van der Waals surface area (Å²) in [6.45, 7) is 3.78. The molecule has 6 nitrogen and oxygen atoms in total. The summed E-state index contributed by atoms with van der Waals surface area (Å²) in [6, 6.07) is 12.9. The molecule has 0 unspecified atom stereocenters. The molecule has 0 radical (unpaired) electrons. The zero-order valence-corrected chi connectivity index (χ0v) is 15.8. The van der Waals surface area contributed by atoms with E-state index in [0.29, 0.717) is 29.4 Å². The number of amides is 1. The van der Waals surface area contributed by atoms with Crippen LogP contribution in [-0.4, -0.2) is 25.1 Å². The molecule has 1 atom stereocenters. The molecule has 0 aliphatic heterocycles. The quantitative estimate of drug-likeness (QED) is 0.577. The number of nitrogens with one attached hydrogen (secondary N) is 1. The number of oxazole rings is 1. The molecule has 1 aromatic heterocycles. The van der Waals surface area contributed by atoms with Crippen LogP contribution in [0.3, 0.4) is 0 Å². The summed E-state index contributed by atoms with van der Waals surface area (Å²) in [5.41, 5.74) is 2.25. The van der Waals surface area contributed by atoms with E-state index in [1.807, 2.05) is 30.3 Å². The van der Waals surface area contributed by atoms with Crippen molar-refractivity contribution in [3.8, 4) is 22.8 Å². The van der Waals surface area contributed by atoms with Crippen LogP contribution in [0.2, 0.25) is 0 Å². The van der Waals surface area contributed by atoms with Gasteiger partial charge in [-0.25, -0.2) is 4.98 Å². The molecule has 0 aliphatic rings. The van der Waals surface area contributed by atoms with E-state index in [0.717, 1.165) is 11.1 Å². The van der Waals surface area contributed by atoms with Crippen LogP contribution in [0, 0.1) is 0 Å². The average molecular weight is 378 g/mol. The lowest BCUT2D eigenvalue weighted by Crippen LogP contribution is -2.21. The smallest absolute Gasteiger partial charge is 0.232 e. The van der Waals surface area contributed by atoms with Gasteiger partial charge in [-0.05, 0) is 36.2 Å². The average Bonchev–Trinajstić information content (AvgIpc) is 3.26. The molecule has 0 saturated carbocycles. The highest BCUT2D eigenvalue weighted by Gasteiger charge is 2.21. The lowest BCUT2D eigenvalue weighted by molar-refractivity contribution is -0.117. The number of hydrogen-bond acceptors (Lipinski definition) is 5. The fraction of sp³-hybridized carbons (Fsp3) is 0.182. The summed E-state index contributed by atoms with van der Waals surface area (Å²) < 4.78 is 16.0. The Morgan fingerprint density at radius 1 is 1.25 bits per heavy atom. The van der Waals surface area contributed by atoms with Crippen LogP contribution in [0.15, 0.2) is 72.1 Å². The lowest BCUT2D eigenvalue weighted by Gasteiger charge is -2.17. The van der Waals surface area contributed by atoms with E-state index < -0.39 is 0 Å². The van der Waals surface area contributed by atoms with E-state index in [9.17, 15) is 4.79 Å². The Morgan fingerprint density at radius 2 is 2.11 bits per heavy atom. The van der Waals surface area contributed by atoms with Crippen molar-refractivity contribution in [1.29, 1.82) is 0 Å². The fourth-order valence-electron chi connectivity index (χ4n) is 2.97. The number of carbonyl (C=O) groups is 1. The van der Waals surface area contributed by atoms with E-state index in [-0.39, 0.29) is 11.8 Å². The van der Waals surface area contributed by atoms with Crippen LogP contribution >= 0.6 is 0 Å². The molecular weight excluding hydrogens is 356 g/mol. The van der Waals surface area contributed by atoms with Crippen molar-refractivity contribution < 1.29 is 18.7 Å². The number of anilines is 1. The second-order valence-corrected chi connectivity index (χ2v) is 6.12. The summed E-state index contributed by atoms with van der Waals surface area (Å²) in [5.74, 6) is 1.36. The Hall–Kier alpha value is -3.54. The minimum Gasteiger partial charge on any atom is -0.497 e. The normalized spacial score (nSPS) is 11.5. The molecule has 0 saturated heterocycles. The van der Waals surface area contributed by atoms with Crippen molar-refractivity contribution in [3.05, 3.63) is 73.3 Å². The molecule has 1 amide bonds. The number of methoxy groups -OCH3 is 2. The van der Waals surface area contributed by atoms with Gasteiger partial charge in [-0.15, -0.1) is 6.58 Å². The van der Waals surface area contributed by atoms with Gasteiger partial charge in [0.1, 0.15) is 11.5 Å². The molecule has 3 aromatic rings. The highest BCUT2D eigenvalue weighted by molar-refractivity contribution is 5.96. The summed E-state index contributed by atoms with van der Waals surface area (Å²) in [4.78, 5) is 16.9. The van der Waals surface area contributed by atoms with Crippen molar-refractivity contribution in [2.75, 3.05) is 19.5 Å². The zero-order chi connectivity index (χ0) is 19.9. The number of hydrogen-bond donors (Lipinski definition) is 1. The van der Waals surface area contributed by atoms with Gasteiger partial charge in [-0.2, -0.15) is 0 Å². The molecule has 0 spiro atoms. The van der Waals surface area contributed by atoms with E-state index in [1.165, 1.54) is 6.39 Å². The third-order valence-corrected chi connectivity index (χ3v) is 4.38. The second kappa shape index (κ2) is 8.90. The number of ether oxygens (including phenoxy) is 2. The topological polar surface area (TPSA) is 73.6 Å². The summed E-state index contributed by atoms with van der Waals surface area (Å²) in [7, 11) is 3.17. The number of carbonyl (C=O) groups excluding carboxylic acids is 1. The Bertz CT molecular complexity index is 951. The number of nitrogens with zero attached hydrogens (tertiary/aromatic N) is 1. The van der Waals surface area contributed by atoms with Crippen LogP contribution in [0.5, 0.6) is 11.5 Å². The Morgan fingerprint density at radius 3 is 2.79 bits per heavy atom. The van der Waals surface area contributed by atoms with Crippen LogP contribution in [0.1, 0.15) is 17.9 Å². The molecule has 144 valence electrons. The third-order valence-electron chi connectivity index (χ3n) is 4.38. The molecule has 6 heteroatoms. The van der Waals surface area contributed by atoms with Gasteiger partial charge in [0.25, 0.3) is 0 Å². The summed E-state index contributed by atoms with van der Waals surface area (Å²) in [6.07, 6.45) is 5.21. The van der Waals surface area contributed by atoms with Crippen LogP contribution < -0.4 is 14.8 Å². The van der Waals surface area contributed by atoms with E-state index in [2.05, 4.69) is 16.9 Å². The first-order chi connectivity index (χ1) is 13.7. The largest absolute Gasteiger partial charge is 0.497 e. The van der Waals surface area contributed by atoms with Crippen molar-refractivity contribution in [3.63, 3.8) is 0 Å². The Labute approximate surface area is 163 Å². The Kier molecular flexibility index (Phi) is 6.11. The van der Waals surface area contributed by atoms with Crippen LogP contribution in [0.4, 0.5) is 5.69 Å². The van der Waals surface area contributed by atoms with E-state index in [1.54, 1.807) is 38.6 Å². The maximum atomic E-state index is 12.9. The molecule has 1 heterocycles. The second-order valence-electron chi connectivity index (χ2n) is 6.12. The molecule has 1 N–H and O–H groups in total. The van der Waals surface area contributed by atoms with Gasteiger partial charge in [-0.3, -0.25) is 4.79 Å². The highest BCUT2D eigenvalue weighted by Crippen LogP contribution is 2.33. The fourth-order valence-corrected chi connectivity index (χ4v) is 2.97. The lowest BCUT2D eigenvalue weighted by atomic mass is 9.94. The monoisotopic (exact) mass is 378 g/mol. The first-order valence-electron chi connectivity index (χ1n) is 8.79. The molecular formula is C22H22N2O4. The maximum Gasteiger partial charge on any atom is 0.232 e. The Balaban J connectivity index is 1.84. The first-order valence-corrected chi connectivity index (χ1v) is 8.79. The highest BCUT2D eigenvalue weighted by atomic mass is 16.5. The van der Waals surface area contributed by atoms with E-state index in [4.69, 9.17) is 13.9 Å². The van der Waals surface area contributed by atoms with Crippen molar-refractivity contribution in [2.45, 2.75) is 12.3 Å². The predicted molar refractivity (Wildman–Crippen MR) is 108 cm³/mol. The van der Waals surface area contributed by atoms with Gasteiger partial charge in [0, 0.05) is 11.8 Å². The van der Waals surface area contributed by atoms with Crippen molar-refractivity contribution >= 4 is 11.6 Å². The standard InChI is InChI=1S/C22H22N2O4/c1-4-6-18(15-7-5-8-17(11-15)26-2)22(25)24-16-9-10-19(20(12-16)27-3)21-13-23-14-28-21/h4-5,7-14,18H,1,6H2,2-3H3,(H,24,25)/t18-/m1/s1. The van der Waals surface area contributed by atoms with Gasteiger partial charge in [0.2, 0.25) is 5.91 Å². The maximum absolute atomic E-state index is 12.9. The van der Waals surface area contributed by atoms with Crippen LogP contribution in [0.25, 0.3) is 11.3 Å². The number of rotatable bonds is 8. The minimum absolute atomic E-state index is 0.136. The first kappa shape index (κ1) is 19.2.